The maximum atomic E-state index is 11.8. The van der Waals surface area contributed by atoms with Crippen LogP contribution in [0.5, 0.6) is 0 Å². The first-order chi connectivity index (χ1) is 8.08. The van der Waals surface area contributed by atoms with E-state index < -0.39 is 9.84 Å². The van der Waals surface area contributed by atoms with Crippen molar-refractivity contribution in [3.63, 3.8) is 0 Å². The third kappa shape index (κ3) is 3.66. The Labute approximate surface area is 105 Å². The second-order valence-corrected chi connectivity index (χ2v) is 8.02. The third-order valence-corrected chi connectivity index (χ3v) is 6.29. The van der Waals surface area contributed by atoms with Crippen molar-refractivity contribution in [3.8, 4) is 0 Å². The molecular formula is C12H24N2O2S. The Morgan fingerprint density at radius 3 is 2.82 bits per heavy atom. The molecule has 2 atom stereocenters. The molecule has 1 N–H and O–H groups in total. The van der Waals surface area contributed by atoms with Crippen molar-refractivity contribution in [2.75, 3.05) is 38.5 Å². The van der Waals surface area contributed by atoms with Gasteiger partial charge in [0.05, 0.1) is 11.0 Å². The summed E-state index contributed by atoms with van der Waals surface area (Å²) in [6, 6.07) is 0. The fourth-order valence-corrected chi connectivity index (χ4v) is 4.12. The van der Waals surface area contributed by atoms with Gasteiger partial charge in [0, 0.05) is 13.1 Å². The highest BCUT2D eigenvalue weighted by Crippen LogP contribution is 2.17. The highest BCUT2D eigenvalue weighted by Gasteiger charge is 2.27. The van der Waals surface area contributed by atoms with Gasteiger partial charge in [0.25, 0.3) is 0 Å². The van der Waals surface area contributed by atoms with Crippen LogP contribution in [0.25, 0.3) is 0 Å². The van der Waals surface area contributed by atoms with E-state index in [4.69, 9.17) is 0 Å². The van der Waals surface area contributed by atoms with E-state index in [1.54, 1.807) is 0 Å². The molecule has 5 heteroatoms. The molecule has 0 aromatic carbocycles. The van der Waals surface area contributed by atoms with Crippen LogP contribution in [-0.4, -0.2) is 57.0 Å². The molecule has 0 spiro atoms. The van der Waals surface area contributed by atoms with E-state index in [0.717, 1.165) is 39.1 Å². The minimum atomic E-state index is -2.83. The maximum absolute atomic E-state index is 11.8. The van der Waals surface area contributed by atoms with Gasteiger partial charge < -0.3 is 10.2 Å². The number of hydrogen-bond acceptors (Lipinski definition) is 4. The molecule has 100 valence electrons. The van der Waals surface area contributed by atoms with E-state index in [1.807, 2.05) is 6.92 Å². The standard InChI is InChI=1S/C12H24N2O2S/c1-11-4-6-14(7-8-17(11,15)16)10-12-3-2-5-13-9-12/h11-13H,2-10H2,1H3. The van der Waals surface area contributed by atoms with E-state index in [0.29, 0.717) is 11.7 Å². The highest BCUT2D eigenvalue weighted by molar-refractivity contribution is 7.92. The number of sulfone groups is 1. The summed E-state index contributed by atoms with van der Waals surface area (Å²) in [5, 5.41) is 3.26. The Balaban J connectivity index is 1.86. The lowest BCUT2D eigenvalue weighted by molar-refractivity contribution is 0.218. The van der Waals surface area contributed by atoms with Crippen LogP contribution in [0.15, 0.2) is 0 Å². The van der Waals surface area contributed by atoms with Crippen LogP contribution in [0.2, 0.25) is 0 Å². The SMILES string of the molecule is CC1CCN(CC2CCCNC2)CCS1(=O)=O. The lowest BCUT2D eigenvalue weighted by Crippen LogP contribution is -2.39. The molecule has 2 aliphatic rings. The maximum Gasteiger partial charge on any atom is 0.154 e. The molecule has 0 aromatic heterocycles. The van der Waals surface area contributed by atoms with Crippen LogP contribution < -0.4 is 5.32 Å². The first-order valence-electron chi connectivity index (χ1n) is 6.72. The predicted octanol–water partition coefficient (Wildman–Crippen LogP) is 0.495. The predicted molar refractivity (Wildman–Crippen MR) is 69.9 cm³/mol. The van der Waals surface area contributed by atoms with E-state index in [9.17, 15) is 8.42 Å². The summed E-state index contributed by atoms with van der Waals surface area (Å²) < 4.78 is 23.6. The fourth-order valence-electron chi connectivity index (χ4n) is 2.74. The van der Waals surface area contributed by atoms with Crippen LogP contribution in [0.3, 0.4) is 0 Å². The topological polar surface area (TPSA) is 49.4 Å². The van der Waals surface area contributed by atoms with Crippen LogP contribution in [0.4, 0.5) is 0 Å². The molecule has 0 aromatic rings. The monoisotopic (exact) mass is 260 g/mol. The molecule has 2 fully saturated rings. The summed E-state index contributed by atoms with van der Waals surface area (Å²) in [6.45, 7) is 6.82. The average Bonchev–Trinajstić information content (AvgIpc) is 2.44. The van der Waals surface area contributed by atoms with Gasteiger partial charge in [-0.1, -0.05) is 0 Å². The smallest absolute Gasteiger partial charge is 0.154 e. The van der Waals surface area contributed by atoms with Gasteiger partial charge >= 0.3 is 0 Å². The van der Waals surface area contributed by atoms with Crippen molar-refractivity contribution < 1.29 is 8.42 Å². The van der Waals surface area contributed by atoms with Crippen molar-refractivity contribution in [3.05, 3.63) is 0 Å². The van der Waals surface area contributed by atoms with Crippen LogP contribution >= 0.6 is 0 Å². The molecular weight excluding hydrogens is 236 g/mol. The molecule has 0 aliphatic carbocycles. The van der Waals surface area contributed by atoms with Gasteiger partial charge in [-0.3, -0.25) is 0 Å². The summed E-state index contributed by atoms with van der Waals surface area (Å²) in [7, 11) is -2.83. The fraction of sp³-hybridized carbons (Fsp3) is 1.00. The van der Waals surface area contributed by atoms with E-state index in [2.05, 4.69) is 10.2 Å². The minimum Gasteiger partial charge on any atom is -0.316 e. The van der Waals surface area contributed by atoms with Crippen LogP contribution in [0.1, 0.15) is 26.2 Å². The van der Waals surface area contributed by atoms with Gasteiger partial charge in [0.2, 0.25) is 0 Å². The summed E-state index contributed by atoms with van der Waals surface area (Å²) in [5.41, 5.74) is 0. The van der Waals surface area contributed by atoms with Crippen molar-refractivity contribution in [2.45, 2.75) is 31.4 Å². The van der Waals surface area contributed by atoms with Gasteiger partial charge in [-0.25, -0.2) is 8.42 Å². The Bertz CT molecular complexity index is 336. The quantitative estimate of drug-likeness (QED) is 0.785. The van der Waals surface area contributed by atoms with Crippen LogP contribution in [-0.2, 0) is 9.84 Å². The molecule has 0 amide bonds. The highest BCUT2D eigenvalue weighted by atomic mass is 32.2. The normalized spacial score (nSPS) is 35.4. The van der Waals surface area contributed by atoms with E-state index in [1.165, 1.54) is 12.8 Å². The van der Waals surface area contributed by atoms with E-state index >= 15 is 0 Å². The molecule has 0 bridgehead atoms. The summed E-state index contributed by atoms with van der Waals surface area (Å²) in [4.78, 5) is 2.35. The van der Waals surface area contributed by atoms with Crippen LogP contribution in [0, 0.1) is 5.92 Å². The Morgan fingerprint density at radius 1 is 1.29 bits per heavy atom. The zero-order chi connectivity index (χ0) is 12.3. The zero-order valence-corrected chi connectivity index (χ0v) is 11.5. The molecule has 0 radical (unpaired) electrons. The van der Waals surface area contributed by atoms with Crippen molar-refractivity contribution in [1.29, 1.82) is 0 Å². The average molecular weight is 260 g/mol. The minimum absolute atomic E-state index is 0.156. The summed E-state index contributed by atoms with van der Waals surface area (Å²) in [6.07, 6.45) is 3.33. The zero-order valence-electron chi connectivity index (χ0n) is 10.7. The Morgan fingerprint density at radius 2 is 2.12 bits per heavy atom. The number of hydrogen-bond donors (Lipinski definition) is 1. The number of rotatable bonds is 2. The largest absolute Gasteiger partial charge is 0.316 e. The van der Waals surface area contributed by atoms with Crippen molar-refractivity contribution in [2.24, 2.45) is 5.92 Å². The molecule has 4 nitrogen and oxygen atoms in total. The van der Waals surface area contributed by atoms with Crippen molar-refractivity contribution >= 4 is 9.84 Å². The summed E-state index contributed by atoms with van der Waals surface area (Å²) in [5.74, 6) is 1.05. The van der Waals surface area contributed by atoms with Gasteiger partial charge in [0.1, 0.15) is 0 Å². The van der Waals surface area contributed by atoms with Gasteiger partial charge in [0.15, 0.2) is 9.84 Å². The number of piperidine rings is 1. The van der Waals surface area contributed by atoms with Gasteiger partial charge in [-0.2, -0.15) is 0 Å². The molecule has 2 saturated heterocycles. The number of nitrogens with zero attached hydrogens (tertiary/aromatic N) is 1. The first kappa shape index (κ1) is 13.3. The Kier molecular flexibility index (Phi) is 4.44. The van der Waals surface area contributed by atoms with Gasteiger partial charge in [-0.05, 0) is 51.7 Å². The summed E-state index contributed by atoms with van der Waals surface area (Å²) >= 11 is 0. The molecule has 2 heterocycles. The third-order valence-electron chi connectivity index (χ3n) is 4.07. The lowest BCUT2D eigenvalue weighted by atomic mass is 9.99. The molecule has 2 aliphatic heterocycles. The lowest BCUT2D eigenvalue weighted by Gasteiger charge is -2.29. The second kappa shape index (κ2) is 5.67. The second-order valence-electron chi connectivity index (χ2n) is 5.48. The Hall–Kier alpha value is -0.130. The molecule has 17 heavy (non-hydrogen) atoms. The number of nitrogens with one attached hydrogen (secondary N) is 1. The first-order valence-corrected chi connectivity index (χ1v) is 8.44. The van der Waals surface area contributed by atoms with E-state index in [-0.39, 0.29) is 5.25 Å². The van der Waals surface area contributed by atoms with Gasteiger partial charge in [-0.15, -0.1) is 0 Å². The van der Waals surface area contributed by atoms with Crippen molar-refractivity contribution in [1.82, 2.24) is 10.2 Å². The molecule has 2 rings (SSSR count). The molecule has 0 saturated carbocycles. The molecule has 2 unspecified atom stereocenters.